The molecule has 4 rings (SSSR count). The van der Waals surface area contributed by atoms with Crippen LogP contribution in [0.3, 0.4) is 0 Å². The molecule has 0 unspecified atom stereocenters. The Morgan fingerprint density at radius 3 is 2.69 bits per heavy atom. The average Bonchev–Trinajstić information content (AvgIpc) is 3.25. The molecule has 0 aromatic carbocycles. The summed E-state index contributed by atoms with van der Waals surface area (Å²) in [7, 11) is -3.34. The third kappa shape index (κ3) is 3.08. The zero-order valence-electron chi connectivity index (χ0n) is 14.0. The number of thiazole rings is 1. The Kier molecular flexibility index (Phi) is 4.20. The molecule has 1 fully saturated rings. The highest BCUT2D eigenvalue weighted by Gasteiger charge is 2.41. The smallest absolute Gasteiger partial charge is 0.266 e. The Balaban J connectivity index is 1.43. The number of aryl methyl sites for hydroxylation is 1. The predicted molar refractivity (Wildman–Crippen MR) is 97.2 cm³/mol. The molecule has 4 heterocycles. The number of aromatic nitrogens is 2. The fraction of sp³-hybridized carbons (Fsp3) is 0.294. The number of sulfone groups is 1. The van der Waals surface area contributed by atoms with Gasteiger partial charge in [-0.05, 0) is 31.2 Å². The molecule has 0 N–H and O–H groups in total. The lowest BCUT2D eigenvalue weighted by Gasteiger charge is -2.38. The van der Waals surface area contributed by atoms with Crippen LogP contribution in [0.2, 0.25) is 0 Å². The lowest BCUT2D eigenvalue weighted by Crippen LogP contribution is -2.57. The maximum absolute atomic E-state index is 12.7. The summed E-state index contributed by atoms with van der Waals surface area (Å²) >= 11 is 1.31. The second kappa shape index (κ2) is 6.40. The first kappa shape index (κ1) is 17.0. The van der Waals surface area contributed by atoms with Gasteiger partial charge in [0.15, 0.2) is 15.0 Å². The third-order valence-electron chi connectivity index (χ3n) is 4.37. The van der Waals surface area contributed by atoms with Gasteiger partial charge in [0.05, 0.1) is 17.2 Å². The minimum atomic E-state index is -3.34. The molecular formula is C17H17N3O4S2. The van der Waals surface area contributed by atoms with E-state index in [0.29, 0.717) is 16.3 Å². The van der Waals surface area contributed by atoms with Crippen LogP contribution in [-0.4, -0.2) is 47.1 Å². The molecule has 0 spiro atoms. The van der Waals surface area contributed by atoms with E-state index in [2.05, 4.69) is 4.98 Å². The Hall–Kier alpha value is -2.39. The minimum Gasteiger partial charge on any atom is -0.468 e. The van der Waals surface area contributed by atoms with Crippen molar-refractivity contribution in [3.8, 4) is 5.13 Å². The van der Waals surface area contributed by atoms with Crippen LogP contribution in [0.25, 0.3) is 5.13 Å². The van der Waals surface area contributed by atoms with E-state index in [1.807, 2.05) is 29.1 Å². The van der Waals surface area contributed by atoms with Gasteiger partial charge in [-0.2, -0.15) is 0 Å². The number of likely N-dealkylation sites (tertiary alicyclic amines) is 1. The van der Waals surface area contributed by atoms with Crippen LogP contribution in [-0.2, 0) is 15.6 Å². The molecule has 1 saturated heterocycles. The lowest BCUT2D eigenvalue weighted by molar-refractivity contribution is 0.0663. The van der Waals surface area contributed by atoms with Gasteiger partial charge in [0.2, 0.25) is 0 Å². The summed E-state index contributed by atoms with van der Waals surface area (Å²) in [4.78, 5) is 19.2. The monoisotopic (exact) mass is 391 g/mol. The van der Waals surface area contributed by atoms with E-state index in [1.165, 1.54) is 17.6 Å². The van der Waals surface area contributed by atoms with Crippen molar-refractivity contribution >= 4 is 27.1 Å². The molecule has 0 saturated carbocycles. The zero-order valence-corrected chi connectivity index (χ0v) is 15.7. The number of carbonyl (C=O) groups excluding carboxylic acids is 1. The van der Waals surface area contributed by atoms with Gasteiger partial charge in [-0.15, -0.1) is 0 Å². The molecule has 0 aliphatic carbocycles. The standard InChI is InChI=1S/C17H17N3O4S2/c1-12-15(25-17(18-12)19-6-2-3-7-19)16(21)20-9-14(10-20)26(22,23)11-13-5-4-8-24-13/h2-8,14H,9-11H2,1H3. The number of furan rings is 1. The second-order valence-corrected chi connectivity index (χ2v) is 9.48. The summed E-state index contributed by atoms with van der Waals surface area (Å²) in [5.74, 6) is 0.122. The molecule has 7 nitrogen and oxygen atoms in total. The summed E-state index contributed by atoms with van der Waals surface area (Å²) in [5.41, 5.74) is 0.658. The van der Waals surface area contributed by atoms with E-state index in [1.54, 1.807) is 24.0 Å². The lowest BCUT2D eigenvalue weighted by atomic mass is 10.2. The van der Waals surface area contributed by atoms with Crippen LogP contribution >= 0.6 is 11.3 Å². The van der Waals surface area contributed by atoms with Crippen LogP contribution in [0.15, 0.2) is 47.3 Å². The summed E-state index contributed by atoms with van der Waals surface area (Å²) in [6, 6.07) is 7.09. The maximum atomic E-state index is 12.7. The SMILES string of the molecule is Cc1nc(-n2cccc2)sc1C(=O)N1CC(S(=O)(=O)Cc2ccco2)C1. The first-order valence-electron chi connectivity index (χ1n) is 8.08. The number of hydrogen-bond acceptors (Lipinski definition) is 6. The first-order chi connectivity index (χ1) is 12.4. The van der Waals surface area contributed by atoms with Crippen molar-refractivity contribution < 1.29 is 17.6 Å². The second-order valence-electron chi connectivity index (χ2n) is 6.22. The number of nitrogens with zero attached hydrogens (tertiary/aromatic N) is 3. The van der Waals surface area contributed by atoms with Gasteiger partial charge >= 0.3 is 0 Å². The van der Waals surface area contributed by atoms with E-state index in [-0.39, 0.29) is 24.7 Å². The van der Waals surface area contributed by atoms with Crippen molar-refractivity contribution in [2.75, 3.05) is 13.1 Å². The molecule has 0 atom stereocenters. The number of rotatable bonds is 5. The molecule has 1 aliphatic heterocycles. The number of carbonyl (C=O) groups is 1. The normalized spacial score (nSPS) is 15.2. The average molecular weight is 391 g/mol. The van der Waals surface area contributed by atoms with Crippen molar-refractivity contribution in [1.29, 1.82) is 0 Å². The van der Waals surface area contributed by atoms with Crippen molar-refractivity contribution in [2.45, 2.75) is 17.9 Å². The van der Waals surface area contributed by atoms with Gasteiger partial charge in [0, 0.05) is 25.5 Å². The number of hydrogen-bond donors (Lipinski definition) is 0. The predicted octanol–water partition coefficient (Wildman–Crippen LogP) is 2.27. The van der Waals surface area contributed by atoms with Crippen molar-refractivity contribution in [2.24, 2.45) is 0 Å². The van der Waals surface area contributed by atoms with E-state index in [4.69, 9.17) is 4.42 Å². The van der Waals surface area contributed by atoms with Crippen LogP contribution in [0.1, 0.15) is 21.1 Å². The van der Waals surface area contributed by atoms with E-state index in [0.717, 1.165) is 5.13 Å². The fourth-order valence-corrected chi connectivity index (χ4v) is 5.45. The molecule has 3 aromatic heterocycles. The molecule has 0 radical (unpaired) electrons. The Labute approximate surface area is 154 Å². The molecule has 3 aromatic rings. The highest BCUT2D eigenvalue weighted by atomic mass is 32.2. The van der Waals surface area contributed by atoms with Gasteiger partial charge in [-0.25, -0.2) is 13.4 Å². The Bertz CT molecular complexity index is 1010. The topological polar surface area (TPSA) is 85.4 Å². The molecular weight excluding hydrogens is 374 g/mol. The maximum Gasteiger partial charge on any atom is 0.266 e. The minimum absolute atomic E-state index is 0.135. The van der Waals surface area contributed by atoms with Gasteiger partial charge in [-0.1, -0.05) is 11.3 Å². The van der Waals surface area contributed by atoms with E-state index < -0.39 is 15.1 Å². The van der Waals surface area contributed by atoms with E-state index in [9.17, 15) is 13.2 Å². The number of amides is 1. The zero-order chi connectivity index (χ0) is 18.3. The van der Waals surface area contributed by atoms with Crippen LogP contribution in [0.4, 0.5) is 0 Å². The molecule has 26 heavy (non-hydrogen) atoms. The van der Waals surface area contributed by atoms with Crippen LogP contribution < -0.4 is 0 Å². The van der Waals surface area contributed by atoms with Crippen molar-refractivity contribution in [3.63, 3.8) is 0 Å². The molecule has 136 valence electrons. The van der Waals surface area contributed by atoms with Crippen LogP contribution in [0, 0.1) is 6.92 Å². The van der Waals surface area contributed by atoms with Gasteiger partial charge < -0.3 is 13.9 Å². The fourth-order valence-electron chi connectivity index (χ4n) is 2.84. The summed E-state index contributed by atoms with van der Waals surface area (Å²) in [6.45, 7) is 2.21. The Morgan fingerprint density at radius 1 is 1.31 bits per heavy atom. The van der Waals surface area contributed by atoms with Gasteiger partial charge in [0.25, 0.3) is 5.91 Å². The largest absolute Gasteiger partial charge is 0.468 e. The quantitative estimate of drug-likeness (QED) is 0.666. The summed E-state index contributed by atoms with van der Waals surface area (Å²) in [5, 5.41) is 0.173. The highest BCUT2D eigenvalue weighted by molar-refractivity contribution is 7.91. The van der Waals surface area contributed by atoms with Crippen molar-refractivity contribution in [1.82, 2.24) is 14.5 Å². The van der Waals surface area contributed by atoms with Gasteiger partial charge in [-0.3, -0.25) is 4.79 Å². The molecule has 1 amide bonds. The van der Waals surface area contributed by atoms with Gasteiger partial charge in [0.1, 0.15) is 16.4 Å². The summed E-state index contributed by atoms with van der Waals surface area (Å²) < 4.78 is 31.8. The van der Waals surface area contributed by atoms with E-state index >= 15 is 0 Å². The molecule has 1 aliphatic rings. The molecule has 9 heteroatoms. The molecule has 0 bridgehead atoms. The van der Waals surface area contributed by atoms with Crippen molar-refractivity contribution in [3.05, 3.63) is 59.3 Å². The third-order valence-corrected chi connectivity index (χ3v) is 7.53. The van der Waals surface area contributed by atoms with Crippen LogP contribution in [0.5, 0.6) is 0 Å². The summed E-state index contributed by atoms with van der Waals surface area (Å²) in [6.07, 6.45) is 5.19. The highest BCUT2D eigenvalue weighted by Crippen LogP contribution is 2.27. The Morgan fingerprint density at radius 2 is 2.04 bits per heavy atom. The first-order valence-corrected chi connectivity index (χ1v) is 10.6.